The molecule has 220 valence electrons. The summed E-state index contributed by atoms with van der Waals surface area (Å²) in [6.45, 7) is 5.81. The Morgan fingerprint density at radius 1 is 0.860 bits per heavy atom. The van der Waals surface area contributed by atoms with Crippen molar-refractivity contribution in [1.29, 1.82) is 0 Å². The summed E-state index contributed by atoms with van der Waals surface area (Å²) in [5, 5.41) is 3.59. The number of hydrogen-bond donors (Lipinski definition) is 0. The molecule has 1 aliphatic rings. The highest BCUT2D eigenvalue weighted by molar-refractivity contribution is 9.10. The summed E-state index contributed by atoms with van der Waals surface area (Å²) < 4.78 is 7.05. The normalized spacial score (nSPS) is 15.9. The van der Waals surface area contributed by atoms with Crippen LogP contribution in [0.1, 0.15) is 41.9 Å². The molecule has 0 aliphatic carbocycles. The predicted molar refractivity (Wildman–Crippen MR) is 184 cm³/mol. The maximum atomic E-state index is 6.01. The summed E-state index contributed by atoms with van der Waals surface area (Å²) in [7, 11) is 3.97. The number of methoxy groups -OCH3 is 1. The van der Waals surface area contributed by atoms with Gasteiger partial charge in [-0.2, -0.15) is 0 Å². The van der Waals surface area contributed by atoms with E-state index in [-0.39, 0.29) is 5.92 Å². The molecule has 1 saturated heterocycles. The van der Waals surface area contributed by atoms with Crippen molar-refractivity contribution in [3.8, 4) is 5.88 Å². The van der Waals surface area contributed by atoms with Gasteiger partial charge < -0.3 is 14.5 Å². The van der Waals surface area contributed by atoms with E-state index in [4.69, 9.17) is 9.72 Å². The van der Waals surface area contributed by atoms with E-state index in [1.807, 2.05) is 12.1 Å². The Kier molecular flexibility index (Phi) is 9.52. The lowest BCUT2D eigenvalue weighted by Crippen LogP contribution is -2.29. The Morgan fingerprint density at radius 2 is 1.67 bits per heavy atom. The maximum Gasteiger partial charge on any atom is 0.217 e. The SMILES string of the molecule is COc1nc2ccc(Br)cc2cc1C(/C(=C\CCCN1CCCN(C)CC1)c1ccc2ccccc2c1)c1ccccc1. The molecular weight excluding hydrogens is 594 g/mol. The fourth-order valence-corrected chi connectivity index (χ4v) is 6.73. The summed E-state index contributed by atoms with van der Waals surface area (Å²) in [6.07, 6.45) is 5.86. The third-order valence-corrected chi connectivity index (χ3v) is 9.15. The quantitative estimate of drug-likeness (QED) is 0.152. The molecule has 6 rings (SSSR count). The number of aromatic nitrogens is 1. The van der Waals surface area contributed by atoms with E-state index in [0.29, 0.717) is 5.88 Å². The lowest BCUT2D eigenvalue weighted by Gasteiger charge is -2.25. The molecule has 0 bridgehead atoms. The molecule has 0 saturated carbocycles. The first-order valence-electron chi connectivity index (χ1n) is 15.4. The van der Waals surface area contributed by atoms with E-state index in [1.165, 1.54) is 47.0 Å². The van der Waals surface area contributed by atoms with Crippen molar-refractivity contribution < 1.29 is 4.74 Å². The van der Waals surface area contributed by atoms with Crippen molar-refractivity contribution in [3.63, 3.8) is 0 Å². The minimum atomic E-state index is -0.0416. The first-order chi connectivity index (χ1) is 21.1. The van der Waals surface area contributed by atoms with E-state index < -0.39 is 0 Å². The van der Waals surface area contributed by atoms with E-state index in [9.17, 15) is 0 Å². The van der Waals surface area contributed by atoms with Crippen molar-refractivity contribution in [1.82, 2.24) is 14.8 Å². The van der Waals surface area contributed by atoms with Crippen LogP contribution in [-0.4, -0.2) is 61.7 Å². The van der Waals surface area contributed by atoms with Crippen LogP contribution in [0.15, 0.2) is 108 Å². The third kappa shape index (κ3) is 7.01. The average Bonchev–Trinajstić information content (AvgIpc) is 3.25. The molecule has 5 heteroatoms. The van der Waals surface area contributed by atoms with Crippen molar-refractivity contribution in [3.05, 3.63) is 124 Å². The molecule has 5 aromatic rings. The molecule has 0 radical (unpaired) electrons. The van der Waals surface area contributed by atoms with Gasteiger partial charge in [-0.15, -0.1) is 0 Å². The van der Waals surface area contributed by atoms with Gasteiger partial charge in [0.25, 0.3) is 0 Å². The Morgan fingerprint density at radius 3 is 2.51 bits per heavy atom. The smallest absolute Gasteiger partial charge is 0.217 e. The van der Waals surface area contributed by atoms with Crippen LogP contribution in [0.5, 0.6) is 5.88 Å². The minimum Gasteiger partial charge on any atom is -0.481 e. The number of allylic oxidation sites excluding steroid dienone is 2. The summed E-state index contributed by atoms with van der Waals surface area (Å²) in [4.78, 5) is 10.1. The number of nitrogens with zero attached hydrogens (tertiary/aromatic N) is 3. The first kappa shape index (κ1) is 29.6. The van der Waals surface area contributed by atoms with Gasteiger partial charge in [0.2, 0.25) is 5.88 Å². The zero-order valence-electron chi connectivity index (χ0n) is 25.2. The summed E-state index contributed by atoms with van der Waals surface area (Å²) >= 11 is 3.67. The Labute approximate surface area is 264 Å². The van der Waals surface area contributed by atoms with Gasteiger partial charge >= 0.3 is 0 Å². The minimum absolute atomic E-state index is 0.0416. The lowest BCUT2D eigenvalue weighted by molar-refractivity contribution is 0.274. The van der Waals surface area contributed by atoms with Crippen molar-refractivity contribution >= 4 is 43.2 Å². The number of unbranched alkanes of at least 4 members (excludes halogenated alkanes) is 1. The van der Waals surface area contributed by atoms with E-state index in [0.717, 1.165) is 53.4 Å². The predicted octanol–water partition coefficient (Wildman–Crippen LogP) is 8.79. The molecule has 0 amide bonds. The number of hydrogen-bond acceptors (Lipinski definition) is 4. The molecule has 1 aliphatic heterocycles. The topological polar surface area (TPSA) is 28.6 Å². The van der Waals surface area contributed by atoms with Crippen LogP contribution in [0, 0.1) is 0 Å². The van der Waals surface area contributed by atoms with Gasteiger partial charge in [-0.25, -0.2) is 4.98 Å². The van der Waals surface area contributed by atoms with Gasteiger partial charge in [-0.05, 0) is 104 Å². The summed E-state index contributed by atoms with van der Waals surface area (Å²) in [6, 6.07) is 34.8. The second kappa shape index (κ2) is 13.9. The van der Waals surface area contributed by atoms with Crippen molar-refractivity contribution in [2.75, 3.05) is 46.9 Å². The summed E-state index contributed by atoms with van der Waals surface area (Å²) in [5.41, 5.74) is 5.76. The Balaban J connectivity index is 1.45. The Hall–Kier alpha value is -3.51. The van der Waals surface area contributed by atoms with Crippen LogP contribution in [0.3, 0.4) is 0 Å². The fraction of sp³-hybridized carbons (Fsp3) is 0.289. The van der Waals surface area contributed by atoms with Crippen LogP contribution >= 0.6 is 15.9 Å². The standard InChI is InChI=1S/C38H40BrN3O/c1-41-20-10-22-42(24-23-41)21-9-8-15-34(31-17-16-28-11-6-7-14-30(28)25-31)37(29-12-4-3-5-13-29)35-27-32-26-33(39)18-19-36(32)40-38(35)43-2/h3-7,11-19,25-27,37H,8-10,20-24H2,1-2H3/b34-15-. The van der Waals surface area contributed by atoms with Gasteiger partial charge in [0.15, 0.2) is 0 Å². The van der Waals surface area contributed by atoms with Crippen molar-refractivity contribution in [2.24, 2.45) is 0 Å². The molecule has 1 aromatic heterocycles. The molecule has 1 unspecified atom stereocenters. The third-order valence-electron chi connectivity index (χ3n) is 8.66. The Bertz CT molecular complexity index is 1720. The molecule has 0 N–H and O–H groups in total. The molecule has 4 aromatic carbocycles. The highest BCUT2D eigenvalue weighted by Crippen LogP contribution is 2.43. The van der Waals surface area contributed by atoms with Crippen LogP contribution in [0.25, 0.3) is 27.2 Å². The first-order valence-corrected chi connectivity index (χ1v) is 16.2. The van der Waals surface area contributed by atoms with Crippen LogP contribution in [0.2, 0.25) is 0 Å². The van der Waals surface area contributed by atoms with Crippen LogP contribution in [-0.2, 0) is 0 Å². The number of benzene rings is 4. The molecule has 2 heterocycles. The average molecular weight is 635 g/mol. The number of fused-ring (bicyclic) bond motifs is 2. The zero-order valence-corrected chi connectivity index (χ0v) is 26.8. The maximum absolute atomic E-state index is 6.01. The number of halogens is 1. The second-order valence-corrected chi connectivity index (χ2v) is 12.5. The molecule has 43 heavy (non-hydrogen) atoms. The summed E-state index contributed by atoms with van der Waals surface area (Å²) in [5.74, 6) is 0.629. The molecule has 0 spiro atoms. The molecule has 1 atom stereocenters. The largest absolute Gasteiger partial charge is 0.481 e. The number of rotatable bonds is 9. The zero-order chi connectivity index (χ0) is 29.6. The van der Waals surface area contributed by atoms with Gasteiger partial charge in [-0.1, -0.05) is 88.7 Å². The van der Waals surface area contributed by atoms with Gasteiger partial charge in [0.1, 0.15) is 0 Å². The highest BCUT2D eigenvalue weighted by atomic mass is 79.9. The monoisotopic (exact) mass is 633 g/mol. The number of pyridine rings is 1. The van der Waals surface area contributed by atoms with Crippen LogP contribution in [0.4, 0.5) is 0 Å². The van der Waals surface area contributed by atoms with E-state index in [2.05, 4.69) is 124 Å². The van der Waals surface area contributed by atoms with Gasteiger partial charge in [-0.3, -0.25) is 0 Å². The van der Waals surface area contributed by atoms with Gasteiger partial charge in [0, 0.05) is 34.4 Å². The molecular formula is C38H40BrN3O. The number of likely N-dealkylation sites (N-methyl/N-ethyl adjacent to an activating group) is 1. The molecule has 4 nitrogen and oxygen atoms in total. The second-order valence-electron chi connectivity index (χ2n) is 11.6. The van der Waals surface area contributed by atoms with Crippen molar-refractivity contribution in [2.45, 2.75) is 25.2 Å². The lowest BCUT2D eigenvalue weighted by atomic mass is 9.80. The van der Waals surface area contributed by atoms with Gasteiger partial charge in [0.05, 0.1) is 12.6 Å². The fourth-order valence-electron chi connectivity index (χ4n) is 6.36. The number of ether oxygens (including phenoxy) is 1. The van der Waals surface area contributed by atoms with E-state index >= 15 is 0 Å². The highest BCUT2D eigenvalue weighted by Gasteiger charge is 2.26. The molecule has 1 fully saturated rings. The van der Waals surface area contributed by atoms with Crippen LogP contribution < -0.4 is 4.74 Å². The van der Waals surface area contributed by atoms with E-state index in [1.54, 1.807) is 7.11 Å².